The van der Waals surface area contributed by atoms with Crippen molar-refractivity contribution in [2.24, 2.45) is 7.05 Å². The number of aromatic nitrogens is 2. The number of aryl methyl sites for hydroxylation is 1. The number of carboxylic acids is 1. The molecule has 27 heavy (non-hydrogen) atoms. The zero-order valence-corrected chi connectivity index (χ0v) is 15.9. The van der Waals surface area contributed by atoms with E-state index in [4.69, 9.17) is 4.98 Å². The third kappa shape index (κ3) is 3.17. The number of fused-ring (bicyclic) bond motifs is 2. The van der Waals surface area contributed by atoms with Gasteiger partial charge >= 0.3 is 5.97 Å². The number of aromatic carboxylic acids is 1. The van der Waals surface area contributed by atoms with Gasteiger partial charge in [-0.25, -0.2) is 9.78 Å². The molecule has 6 heteroatoms. The van der Waals surface area contributed by atoms with Crippen LogP contribution in [-0.4, -0.2) is 52.2 Å². The topological polar surface area (TPSA) is 61.6 Å². The lowest BCUT2D eigenvalue weighted by molar-refractivity contribution is 0.0697. The van der Waals surface area contributed by atoms with Gasteiger partial charge < -0.3 is 14.6 Å². The number of rotatable bonds is 4. The summed E-state index contributed by atoms with van der Waals surface area (Å²) in [6.07, 6.45) is 1.02. The highest BCUT2D eigenvalue weighted by atomic mass is 16.4. The number of hydrogen-bond acceptors (Lipinski definition) is 4. The Hall–Kier alpha value is -2.86. The van der Waals surface area contributed by atoms with Gasteiger partial charge in [-0.2, -0.15) is 0 Å². The first-order valence-corrected chi connectivity index (χ1v) is 9.12. The first-order chi connectivity index (χ1) is 12.9. The SMILES string of the molecule is CN(CC1Cc2ccccc2CN1C)c1nc2cc(C(=O)O)ccc2n1C. The first-order valence-electron chi connectivity index (χ1n) is 9.12. The Labute approximate surface area is 158 Å². The second-order valence-corrected chi connectivity index (χ2v) is 7.40. The van der Waals surface area contributed by atoms with Crippen molar-refractivity contribution < 1.29 is 9.90 Å². The average Bonchev–Trinajstić information content (AvgIpc) is 2.98. The van der Waals surface area contributed by atoms with Crippen LogP contribution in [0.25, 0.3) is 11.0 Å². The number of hydrogen-bond donors (Lipinski definition) is 1. The molecular formula is C21H24N4O2. The van der Waals surface area contributed by atoms with Gasteiger partial charge in [-0.15, -0.1) is 0 Å². The van der Waals surface area contributed by atoms with Gasteiger partial charge in [-0.1, -0.05) is 24.3 Å². The van der Waals surface area contributed by atoms with Crippen LogP contribution in [0.5, 0.6) is 0 Å². The summed E-state index contributed by atoms with van der Waals surface area (Å²) in [4.78, 5) is 20.5. The van der Waals surface area contributed by atoms with E-state index in [0.29, 0.717) is 11.6 Å². The highest BCUT2D eigenvalue weighted by Gasteiger charge is 2.25. The molecule has 1 unspecified atom stereocenters. The van der Waals surface area contributed by atoms with Gasteiger partial charge in [0.05, 0.1) is 16.6 Å². The van der Waals surface area contributed by atoms with Gasteiger partial charge in [0.25, 0.3) is 0 Å². The summed E-state index contributed by atoms with van der Waals surface area (Å²) in [6.45, 7) is 1.81. The smallest absolute Gasteiger partial charge is 0.335 e. The van der Waals surface area contributed by atoms with E-state index in [-0.39, 0.29) is 5.56 Å². The maximum absolute atomic E-state index is 11.2. The van der Waals surface area contributed by atoms with Gasteiger partial charge in [0.2, 0.25) is 5.95 Å². The Bertz CT molecular complexity index is 1010. The lowest BCUT2D eigenvalue weighted by Crippen LogP contribution is -2.45. The predicted molar refractivity (Wildman–Crippen MR) is 106 cm³/mol. The number of anilines is 1. The fourth-order valence-corrected chi connectivity index (χ4v) is 3.98. The predicted octanol–water partition coefficient (Wildman–Crippen LogP) is 2.76. The molecule has 0 saturated carbocycles. The molecule has 0 amide bonds. The van der Waals surface area contributed by atoms with Crippen molar-refractivity contribution in [3.05, 3.63) is 59.2 Å². The minimum absolute atomic E-state index is 0.262. The summed E-state index contributed by atoms with van der Waals surface area (Å²) in [7, 11) is 6.19. The Morgan fingerprint density at radius 1 is 1.22 bits per heavy atom. The van der Waals surface area contributed by atoms with Crippen LogP contribution < -0.4 is 4.90 Å². The minimum Gasteiger partial charge on any atom is -0.478 e. The van der Waals surface area contributed by atoms with Crippen LogP contribution in [0.2, 0.25) is 0 Å². The van der Waals surface area contributed by atoms with E-state index < -0.39 is 5.97 Å². The molecule has 1 aromatic heterocycles. The van der Waals surface area contributed by atoms with Crippen molar-refractivity contribution in [1.29, 1.82) is 0 Å². The van der Waals surface area contributed by atoms with Crippen LogP contribution in [0, 0.1) is 0 Å². The van der Waals surface area contributed by atoms with E-state index in [1.165, 1.54) is 11.1 Å². The van der Waals surface area contributed by atoms with Crippen molar-refractivity contribution in [3.8, 4) is 0 Å². The monoisotopic (exact) mass is 364 g/mol. The standard InChI is InChI=1S/C21H24N4O2/c1-23-12-16-7-5-4-6-14(16)10-17(23)13-24(2)21-22-18-11-15(20(26)27)8-9-19(18)25(21)3/h4-9,11,17H,10,12-13H2,1-3H3,(H,26,27). The van der Waals surface area contributed by atoms with E-state index in [9.17, 15) is 9.90 Å². The molecule has 1 atom stereocenters. The zero-order chi connectivity index (χ0) is 19.1. The van der Waals surface area contributed by atoms with Crippen LogP contribution in [0.15, 0.2) is 42.5 Å². The summed E-state index contributed by atoms with van der Waals surface area (Å²) >= 11 is 0. The first kappa shape index (κ1) is 17.5. The Morgan fingerprint density at radius 2 is 1.96 bits per heavy atom. The summed E-state index contributed by atoms with van der Waals surface area (Å²) < 4.78 is 2.03. The van der Waals surface area contributed by atoms with E-state index in [0.717, 1.165) is 31.0 Å². The molecule has 1 N–H and O–H groups in total. The summed E-state index contributed by atoms with van der Waals surface area (Å²) in [6, 6.07) is 14.1. The normalized spacial score (nSPS) is 17.1. The van der Waals surface area contributed by atoms with Crippen molar-refractivity contribution in [2.45, 2.75) is 19.0 Å². The van der Waals surface area contributed by atoms with Crippen LogP contribution in [0.4, 0.5) is 5.95 Å². The number of carbonyl (C=O) groups is 1. The molecule has 2 heterocycles. The molecular weight excluding hydrogens is 340 g/mol. The third-order valence-electron chi connectivity index (χ3n) is 5.55. The fourth-order valence-electron chi connectivity index (χ4n) is 3.98. The van der Waals surface area contributed by atoms with E-state index in [1.807, 2.05) is 24.7 Å². The molecule has 4 rings (SSSR count). The zero-order valence-electron chi connectivity index (χ0n) is 15.9. The molecule has 0 radical (unpaired) electrons. The second-order valence-electron chi connectivity index (χ2n) is 7.40. The molecule has 0 fully saturated rings. The van der Waals surface area contributed by atoms with Crippen LogP contribution in [-0.2, 0) is 20.0 Å². The molecule has 0 aliphatic carbocycles. The molecule has 2 aromatic carbocycles. The molecule has 0 saturated heterocycles. The minimum atomic E-state index is -0.931. The fraction of sp³-hybridized carbons (Fsp3) is 0.333. The quantitative estimate of drug-likeness (QED) is 0.771. The second kappa shape index (κ2) is 6.70. The lowest BCUT2D eigenvalue weighted by Gasteiger charge is -2.36. The molecule has 0 bridgehead atoms. The highest BCUT2D eigenvalue weighted by Crippen LogP contribution is 2.25. The number of likely N-dealkylation sites (N-methyl/N-ethyl adjacent to an activating group) is 2. The van der Waals surface area contributed by atoms with Gasteiger partial charge in [0, 0.05) is 33.2 Å². The van der Waals surface area contributed by atoms with E-state index in [2.05, 4.69) is 41.1 Å². The summed E-state index contributed by atoms with van der Waals surface area (Å²) in [5, 5.41) is 9.20. The van der Waals surface area contributed by atoms with Gasteiger partial charge in [-0.05, 0) is 42.8 Å². The number of nitrogens with zero attached hydrogens (tertiary/aromatic N) is 4. The number of carboxylic acid groups (broad SMARTS) is 1. The molecule has 1 aliphatic rings. The lowest BCUT2D eigenvalue weighted by atomic mass is 9.94. The van der Waals surface area contributed by atoms with Crippen molar-refractivity contribution in [1.82, 2.24) is 14.5 Å². The number of imidazole rings is 1. The molecule has 6 nitrogen and oxygen atoms in total. The van der Waals surface area contributed by atoms with Crippen LogP contribution in [0.3, 0.4) is 0 Å². The third-order valence-corrected chi connectivity index (χ3v) is 5.55. The Kier molecular flexibility index (Phi) is 4.36. The highest BCUT2D eigenvalue weighted by molar-refractivity contribution is 5.93. The van der Waals surface area contributed by atoms with Crippen molar-refractivity contribution in [3.63, 3.8) is 0 Å². The summed E-state index contributed by atoms with van der Waals surface area (Å²) in [5.41, 5.74) is 4.73. The molecule has 3 aromatic rings. The average molecular weight is 364 g/mol. The maximum Gasteiger partial charge on any atom is 0.335 e. The largest absolute Gasteiger partial charge is 0.478 e. The molecule has 140 valence electrons. The van der Waals surface area contributed by atoms with Crippen molar-refractivity contribution in [2.75, 3.05) is 25.5 Å². The van der Waals surface area contributed by atoms with Crippen molar-refractivity contribution >= 4 is 23.0 Å². The van der Waals surface area contributed by atoms with E-state index in [1.54, 1.807) is 12.1 Å². The van der Waals surface area contributed by atoms with Gasteiger partial charge in [0.15, 0.2) is 0 Å². The van der Waals surface area contributed by atoms with Gasteiger partial charge in [0.1, 0.15) is 0 Å². The number of benzene rings is 2. The Balaban J connectivity index is 1.59. The molecule has 1 aliphatic heterocycles. The summed E-state index contributed by atoms with van der Waals surface area (Å²) in [5.74, 6) is -0.0836. The van der Waals surface area contributed by atoms with Crippen LogP contribution >= 0.6 is 0 Å². The Morgan fingerprint density at radius 3 is 2.70 bits per heavy atom. The van der Waals surface area contributed by atoms with E-state index >= 15 is 0 Å². The molecule has 0 spiro atoms. The van der Waals surface area contributed by atoms with Crippen LogP contribution in [0.1, 0.15) is 21.5 Å². The maximum atomic E-state index is 11.2. The van der Waals surface area contributed by atoms with Gasteiger partial charge in [-0.3, -0.25) is 4.90 Å².